The van der Waals surface area contributed by atoms with E-state index in [4.69, 9.17) is 4.74 Å². The van der Waals surface area contributed by atoms with Crippen molar-refractivity contribution in [2.24, 2.45) is 5.41 Å². The number of methoxy groups -OCH3 is 1. The van der Waals surface area contributed by atoms with Gasteiger partial charge >= 0.3 is 0 Å². The average Bonchev–Trinajstić information content (AvgIpc) is 2.58. The van der Waals surface area contributed by atoms with Gasteiger partial charge in [0.2, 0.25) is 0 Å². The lowest BCUT2D eigenvalue weighted by molar-refractivity contribution is 0.101. The maximum absolute atomic E-state index is 11.6. The molecule has 2 aromatic rings. The largest absolute Gasteiger partial charge is 0.497 e. The Bertz CT molecular complexity index is 843. The van der Waals surface area contributed by atoms with Crippen molar-refractivity contribution in [3.63, 3.8) is 0 Å². The molecule has 0 amide bonds. The van der Waals surface area contributed by atoms with E-state index in [0.717, 1.165) is 28.9 Å². The Hall–Kier alpha value is -2.57. The molecule has 0 radical (unpaired) electrons. The Morgan fingerprint density at radius 2 is 1.58 bits per heavy atom. The molecule has 0 N–H and O–H groups in total. The molecule has 0 fully saturated rings. The molecule has 136 valence electrons. The Morgan fingerprint density at radius 1 is 0.962 bits per heavy atom. The number of benzene rings is 2. The Balaban J connectivity index is 2.61. The summed E-state index contributed by atoms with van der Waals surface area (Å²) in [4.78, 5) is 11.6. The van der Waals surface area contributed by atoms with E-state index in [0.29, 0.717) is 5.56 Å². The summed E-state index contributed by atoms with van der Waals surface area (Å²) in [6.45, 7) is 10.4. The summed E-state index contributed by atoms with van der Waals surface area (Å²) in [5.41, 5.74) is 8.82. The second kappa shape index (κ2) is 8.21. The van der Waals surface area contributed by atoms with E-state index in [1.807, 2.05) is 42.5 Å². The van der Waals surface area contributed by atoms with Gasteiger partial charge in [-0.15, -0.1) is 5.73 Å². The van der Waals surface area contributed by atoms with E-state index >= 15 is 0 Å². The Morgan fingerprint density at radius 3 is 2.12 bits per heavy atom. The molecular weight excluding hydrogens is 320 g/mol. The van der Waals surface area contributed by atoms with E-state index in [1.54, 1.807) is 14.0 Å². The number of carbonyl (C=O) groups excluding carboxylic acids is 1. The van der Waals surface area contributed by atoms with Crippen LogP contribution in [-0.4, -0.2) is 12.9 Å². The highest BCUT2D eigenvalue weighted by atomic mass is 16.5. The third-order valence-corrected chi connectivity index (χ3v) is 4.07. The lowest BCUT2D eigenvalue weighted by atomic mass is 9.88. The molecule has 0 aliphatic heterocycles. The molecule has 2 rings (SSSR count). The van der Waals surface area contributed by atoms with E-state index < -0.39 is 0 Å². The van der Waals surface area contributed by atoms with E-state index in [2.05, 4.69) is 39.5 Å². The molecule has 2 aromatic carbocycles. The summed E-state index contributed by atoms with van der Waals surface area (Å²) in [6.07, 6.45) is 0.964. The maximum Gasteiger partial charge on any atom is 0.159 e. The predicted molar refractivity (Wildman–Crippen MR) is 109 cm³/mol. The van der Waals surface area contributed by atoms with Gasteiger partial charge in [-0.3, -0.25) is 4.79 Å². The van der Waals surface area contributed by atoms with E-state index in [-0.39, 0.29) is 11.2 Å². The number of ether oxygens (including phenoxy) is 1. The lowest BCUT2D eigenvalue weighted by Gasteiger charge is -2.17. The predicted octanol–water partition coefficient (Wildman–Crippen LogP) is 6.31. The molecule has 0 atom stereocenters. The van der Waals surface area contributed by atoms with Crippen molar-refractivity contribution in [3.8, 4) is 5.75 Å². The van der Waals surface area contributed by atoms with Gasteiger partial charge < -0.3 is 4.74 Å². The van der Waals surface area contributed by atoms with Gasteiger partial charge in [0.05, 0.1) is 7.11 Å². The third-order valence-electron chi connectivity index (χ3n) is 4.07. The number of Topliss-reactive ketones (excluding diaryl/α,β-unsaturated/α-hetero) is 1. The van der Waals surface area contributed by atoms with Crippen LogP contribution in [0.5, 0.6) is 5.75 Å². The first-order valence-electron chi connectivity index (χ1n) is 8.92. The standard InChI is InChI=1S/C24H28O2/c1-17(16-24(3,4)5)14-23(21-8-7-9-22(15-21)26-6)20-12-10-19(11-13-20)18(2)25/h7-13,15H,16H2,1-6H3. The smallest absolute Gasteiger partial charge is 0.159 e. The first kappa shape index (κ1) is 19.8. The molecule has 0 aromatic heterocycles. The minimum absolute atomic E-state index is 0.0721. The molecule has 0 aliphatic carbocycles. The zero-order valence-electron chi connectivity index (χ0n) is 16.6. The second-order valence-electron chi connectivity index (χ2n) is 7.88. The lowest BCUT2D eigenvalue weighted by Crippen LogP contribution is -2.04. The monoisotopic (exact) mass is 348 g/mol. The van der Waals surface area contributed by atoms with Gasteiger partial charge in [0, 0.05) is 11.1 Å². The molecule has 2 nitrogen and oxygen atoms in total. The molecule has 0 saturated carbocycles. The molecule has 26 heavy (non-hydrogen) atoms. The summed E-state index contributed by atoms with van der Waals surface area (Å²) in [5, 5.41) is 0. The fourth-order valence-corrected chi connectivity index (χ4v) is 3.01. The van der Waals surface area contributed by atoms with Crippen LogP contribution in [0.25, 0.3) is 5.57 Å². The third kappa shape index (κ3) is 5.47. The van der Waals surface area contributed by atoms with Crippen LogP contribution in [0.1, 0.15) is 62.5 Å². The minimum Gasteiger partial charge on any atom is -0.497 e. The van der Waals surface area contributed by atoms with Crippen LogP contribution in [0.4, 0.5) is 0 Å². The molecule has 2 heteroatoms. The number of hydrogen-bond acceptors (Lipinski definition) is 2. The SMILES string of the molecule is COc1cccc(C(=C=C(C)CC(C)(C)C)c2ccc(C(C)=O)cc2)c1. The van der Waals surface area contributed by atoms with E-state index in [1.165, 1.54) is 5.57 Å². The van der Waals surface area contributed by atoms with Crippen LogP contribution in [0.2, 0.25) is 0 Å². The van der Waals surface area contributed by atoms with Gasteiger partial charge in [-0.1, -0.05) is 57.2 Å². The number of allylic oxidation sites excluding steroid dienone is 1. The fraction of sp³-hybridized carbons (Fsp3) is 0.333. The number of rotatable bonds is 5. The molecule has 0 aliphatic rings. The molecule has 0 heterocycles. The normalized spacial score (nSPS) is 10.8. The van der Waals surface area contributed by atoms with Gasteiger partial charge in [-0.2, -0.15) is 0 Å². The summed E-state index contributed by atoms with van der Waals surface area (Å²) in [7, 11) is 1.67. The summed E-state index contributed by atoms with van der Waals surface area (Å²) in [5.74, 6) is 0.888. The van der Waals surface area contributed by atoms with Crippen LogP contribution in [-0.2, 0) is 0 Å². The van der Waals surface area contributed by atoms with Gasteiger partial charge in [-0.05, 0) is 54.5 Å². The first-order chi connectivity index (χ1) is 12.2. The summed E-state index contributed by atoms with van der Waals surface area (Å²) < 4.78 is 5.38. The zero-order valence-corrected chi connectivity index (χ0v) is 16.6. The van der Waals surface area contributed by atoms with Gasteiger partial charge in [0.15, 0.2) is 5.78 Å². The van der Waals surface area contributed by atoms with Crippen molar-refractivity contribution in [2.45, 2.75) is 41.0 Å². The number of ketones is 1. The van der Waals surface area contributed by atoms with Crippen LogP contribution in [0, 0.1) is 5.41 Å². The van der Waals surface area contributed by atoms with Crippen LogP contribution < -0.4 is 4.74 Å². The van der Waals surface area contributed by atoms with Crippen LogP contribution in [0.15, 0.2) is 59.8 Å². The van der Waals surface area contributed by atoms with Crippen LogP contribution in [0.3, 0.4) is 0 Å². The van der Waals surface area contributed by atoms with Crippen molar-refractivity contribution in [3.05, 3.63) is 76.5 Å². The van der Waals surface area contributed by atoms with Crippen molar-refractivity contribution >= 4 is 11.4 Å². The fourth-order valence-electron chi connectivity index (χ4n) is 3.01. The molecule has 0 spiro atoms. The molecule has 0 bridgehead atoms. The van der Waals surface area contributed by atoms with Crippen molar-refractivity contribution in [2.75, 3.05) is 7.11 Å². The number of carbonyl (C=O) groups is 1. The Kier molecular flexibility index (Phi) is 6.23. The van der Waals surface area contributed by atoms with Gasteiger partial charge in [-0.25, -0.2) is 0 Å². The summed E-state index contributed by atoms with van der Waals surface area (Å²) in [6, 6.07) is 15.7. The highest BCUT2D eigenvalue weighted by Crippen LogP contribution is 2.29. The van der Waals surface area contributed by atoms with Crippen LogP contribution >= 0.6 is 0 Å². The van der Waals surface area contributed by atoms with Gasteiger partial charge in [0.25, 0.3) is 0 Å². The maximum atomic E-state index is 11.6. The topological polar surface area (TPSA) is 26.3 Å². The highest BCUT2D eigenvalue weighted by Gasteiger charge is 2.12. The van der Waals surface area contributed by atoms with Crippen molar-refractivity contribution in [1.82, 2.24) is 0 Å². The molecule has 0 unspecified atom stereocenters. The summed E-state index contributed by atoms with van der Waals surface area (Å²) >= 11 is 0. The second-order valence-corrected chi connectivity index (χ2v) is 7.88. The molecular formula is C24H28O2. The molecule has 0 saturated heterocycles. The zero-order chi connectivity index (χ0) is 19.3. The number of hydrogen-bond donors (Lipinski definition) is 0. The van der Waals surface area contributed by atoms with Crippen molar-refractivity contribution < 1.29 is 9.53 Å². The quantitative estimate of drug-likeness (QED) is 0.467. The van der Waals surface area contributed by atoms with Crippen molar-refractivity contribution in [1.29, 1.82) is 0 Å². The average molecular weight is 348 g/mol. The van der Waals surface area contributed by atoms with E-state index in [9.17, 15) is 4.79 Å². The highest BCUT2D eigenvalue weighted by molar-refractivity contribution is 5.94. The van der Waals surface area contributed by atoms with Gasteiger partial charge in [0.1, 0.15) is 5.75 Å². The Labute approximate surface area is 157 Å². The first-order valence-corrected chi connectivity index (χ1v) is 8.92. The minimum atomic E-state index is 0.0721.